The number of rotatable bonds is 4. The average molecular weight is 342 g/mol. The van der Waals surface area contributed by atoms with Crippen LogP contribution in [0.5, 0.6) is 5.75 Å². The van der Waals surface area contributed by atoms with Crippen LogP contribution in [-0.4, -0.2) is 42.0 Å². The maximum absolute atomic E-state index is 12.3. The molecule has 0 fully saturated rings. The van der Waals surface area contributed by atoms with Gasteiger partial charge < -0.3 is 10.8 Å². The van der Waals surface area contributed by atoms with E-state index in [4.69, 9.17) is 5.73 Å². The van der Waals surface area contributed by atoms with Gasteiger partial charge in [-0.3, -0.25) is 4.79 Å². The van der Waals surface area contributed by atoms with Gasteiger partial charge in [-0.05, 0) is 36.3 Å². The number of hydrazone groups is 1. The summed E-state index contributed by atoms with van der Waals surface area (Å²) in [4.78, 5) is 12.3. The first kappa shape index (κ1) is 16.1. The van der Waals surface area contributed by atoms with Crippen LogP contribution in [0.2, 0.25) is 0 Å². The van der Waals surface area contributed by atoms with Gasteiger partial charge in [0.1, 0.15) is 5.75 Å². The summed E-state index contributed by atoms with van der Waals surface area (Å²) in [5, 5.41) is 28.4. The van der Waals surface area contributed by atoms with Gasteiger partial charge in [0.25, 0.3) is 5.91 Å². The summed E-state index contributed by atoms with van der Waals surface area (Å²) in [6.07, 6.45) is 0. The number of hydrogen-bond donors (Lipinski definition) is 3. The van der Waals surface area contributed by atoms with Crippen LogP contribution >= 0.6 is 0 Å². The summed E-state index contributed by atoms with van der Waals surface area (Å²) in [6.45, 7) is 3.27. The van der Waals surface area contributed by atoms with Crippen molar-refractivity contribution >= 4 is 17.4 Å². The van der Waals surface area contributed by atoms with E-state index in [1.54, 1.807) is 32.0 Å². The number of nitrogen functional groups attached to an aromatic ring is 1. The van der Waals surface area contributed by atoms with Crippen molar-refractivity contribution in [3.05, 3.63) is 41.2 Å². The van der Waals surface area contributed by atoms with Gasteiger partial charge in [-0.2, -0.15) is 9.78 Å². The number of aromatic hydroxyl groups is 1. The highest BCUT2D eigenvalue weighted by molar-refractivity contribution is 6.02. The van der Waals surface area contributed by atoms with Crippen LogP contribution in [-0.2, 0) is 0 Å². The van der Waals surface area contributed by atoms with Crippen LogP contribution < -0.4 is 11.2 Å². The Morgan fingerprint density at radius 2 is 2.12 bits per heavy atom. The lowest BCUT2D eigenvalue weighted by Crippen LogP contribution is -2.21. The maximum atomic E-state index is 12.3. The molecule has 128 valence electrons. The molecule has 2 aromatic heterocycles. The largest absolute Gasteiger partial charge is 0.507 e. The zero-order valence-electron chi connectivity index (χ0n) is 13.3. The average Bonchev–Trinajstić information content (AvgIpc) is 3.18. The van der Waals surface area contributed by atoms with E-state index in [0.717, 1.165) is 0 Å². The van der Waals surface area contributed by atoms with Gasteiger partial charge in [0.05, 0.1) is 11.4 Å². The Hall–Kier alpha value is -3.76. The van der Waals surface area contributed by atoms with Crippen molar-refractivity contribution in [2.24, 2.45) is 5.10 Å². The molecule has 0 spiro atoms. The third-order valence-corrected chi connectivity index (χ3v) is 3.42. The van der Waals surface area contributed by atoms with Crippen LogP contribution in [0.1, 0.15) is 28.7 Å². The lowest BCUT2D eigenvalue weighted by Gasteiger charge is -2.04. The van der Waals surface area contributed by atoms with Crippen molar-refractivity contribution in [2.45, 2.75) is 13.8 Å². The molecule has 0 aliphatic rings. The lowest BCUT2D eigenvalue weighted by molar-refractivity contribution is 0.0949. The Balaban J connectivity index is 1.81. The number of phenols is 1. The fourth-order valence-electron chi connectivity index (χ4n) is 2.11. The second kappa shape index (κ2) is 6.39. The molecule has 4 N–H and O–H groups in total. The molecule has 1 amide bonds. The quantitative estimate of drug-likeness (QED) is 0.454. The fourth-order valence-corrected chi connectivity index (χ4v) is 2.11. The molecule has 2 heterocycles. The molecular weight excluding hydrogens is 328 g/mol. The number of carbonyl (C=O) groups is 1. The standard InChI is InChI=1S/C14H14N8O3/c1-7(9-5-3-4-6-10(9)23)16-18-14(24)11-8(2)22(21-17-11)13-12(15)19-25-20-13/h3-6,23H,1-2H3,(H2,15,19)(H,18,24)/b16-7+. The minimum absolute atomic E-state index is 0.0216. The normalized spacial score (nSPS) is 11.5. The van der Waals surface area contributed by atoms with Crippen molar-refractivity contribution < 1.29 is 14.5 Å². The minimum Gasteiger partial charge on any atom is -0.507 e. The summed E-state index contributed by atoms with van der Waals surface area (Å²) in [5.41, 5.74) is 9.33. The number of amides is 1. The monoisotopic (exact) mass is 342 g/mol. The number of aromatic nitrogens is 5. The molecule has 0 radical (unpaired) electrons. The van der Waals surface area contributed by atoms with Gasteiger partial charge in [0.2, 0.25) is 11.6 Å². The highest BCUT2D eigenvalue weighted by Gasteiger charge is 2.20. The van der Waals surface area contributed by atoms with Gasteiger partial charge in [-0.25, -0.2) is 10.1 Å². The van der Waals surface area contributed by atoms with Gasteiger partial charge in [0.15, 0.2) is 5.69 Å². The number of benzene rings is 1. The van der Waals surface area contributed by atoms with Gasteiger partial charge in [0, 0.05) is 5.56 Å². The smallest absolute Gasteiger partial charge is 0.293 e. The van der Waals surface area contributed by atoms with E-state index >= 15 is 0 Å². The Kier molecular flexibility index (Phi) is 4.12. The third-order valence-electron chi connectivity index (χ3n) is 3.42. The molecule has 11 heteroatoms. The second-order valence-electron chi connectivity index (χ2n) is 5.06. The topological polar surface area (TPSA) is 157 Å². The molecule has 0 unspecified atom stereocenters. The molecule has 25 heavy (non-hydrogen) atoms. The first-order valence-electron chi connectivity index (χ1n) is 7.12. The molecule has 3 rings (SSSR count). The fraction of sp³-hybridized carbons (Fsp3) is 0.143. The molecule has 0 saturated heterocycles. The molecule has 1 aromatic carbocycles. The number of anilines is 1. The van der Waals surface area contributed by atoms with Crippen LogP contribution in [0.3, 0.4) is 0 Å². The first-order chi connectivity index (χ1) is 12.0. The minimum atomic E-state index is -0.575. The highest BCUT2D eigenvalue weighted by Crippen LogP contribution is 2.17. The first-order valence-corrected chi connectivity index (χ1v) is 7.12. The van der Waals surface area contributed by atoms with Crippen molar-refractivity contribution in [3.8, 4) is 11.6 Å². The predicted molar refractivity (Wildman–Crippen MR) is 86.1 cm³/mol. The second-order valence-corrected chi connectivity index (χ2v) is 5.06. The van der Waals surface area contributed by atoms with Crippen molar-refractivity contribution in [3.63, 3.8) is 0 Å². The highest BCUT2D eigenvalue weighted by atomic mass is 16.6. The zero-order chi connectivity index (χ0) is 18.0. The van der Waals surface area contributed by atoms with E-state index in [-0.39, 0.29) is 23.1 Å². The maximum Gasteiger partial charge on any atom is 0.293 e. The Bertz CT molecular complexity index is 959. The van der Waals surface area contributed by atoms with Crippen LogP contribution in [0.15, 0.2) is 34.0 Å². The third kappa shape index (κ3) is 3.02. The van der Waals surface area contributed by atoms with Crippen LogP contribution in [0, 0.1) is 6.92 Å². The zero-order valence-corrected chi connectivity index (χ0v) is 13.3. The lowest BCUT2D eigenvalue weighted by atomic mass is 10.1. The molecule has 0 aliphatic carbocycles. The molecule has 3 aromatic rings. The Morgan fingerprint density at radius 1 is 1.36 bits per heavy atom. The van der Waals surface area contributed by atoms with E-state index in [1.807, 2.05) is 0 Å². The molecule has 11 nitrogen and oxygen atoms in total. The molecular formula is C14H14N8O3. The summed E-state index contributed by atoms with van der Waals surface area (Å²) in [6, 6.07) is 6.66. The van der Waals surface area contributed by atoms with E-state index in [9.17, 15) is 9.90 Å². The summed E-state index contributed by atoms with van der Waals surface area (Å²) in [5.74, 6) is -0.353. The van der Waals surface area contributed by atoms with Crippen LogP contribution in [0.25, 0.3) is 5.82 Å². The van der Waals surface area contributed by atoms with Crippen molar-refractivity contribution in [1.82, 2.24) is 30.7 Å². The summed E-state index contributed by atoms with van der Waals surface area (Å²) < 4.78 is 5.74. The molecule has 0 aliphatic heterocycles. The number of carbonyl (C=O) groups excluding carboxylic acids is 1. The van der Waals surface area contributed by atoms with Crippen molar-refractivity contribution in [1.29, 1.82) is 0 Å². The summed E-state index contributed by atoms with van der Waals surface area (Å²) >= 11 is 0. The van der Waals surface area contributed by atoms with E-state index in [0.29, 0.717) is 17.0 Å². The number of nitrogens with zero attached hydrogens (tertiary/aromatic N) is 6. The number of para-hydroxylation sites is 1. The summed E-state index contributed by atoms with van der Waals surface area (Å²) in [7, 11) is 0. The molecule has 0 atom stereocenters. The number of hydrogen-bond acceptors (Lipinski definition) is 9. The van der Waals surface area contributed by atoms with Crippen molar-refractivity contribution in [2.75, 3.05) is 5.73 Å². The number of nitrogens with two attached hydrogens (primary N) is 1. The number of phenolic OH excluding ortho intramolecular Hbond substituents is 1. The van der Waals surface area contributed by atoms with Gasteiger partial charge >= 0.3 is 0 Å². The van der Waals surface area contributed by atoms with E-state index in [1.165, 1.54) is 10.7 Å². The van der Waals surface area contributed by atoms with Gasteiger partial charge in [-0.1, -0.05) is 17.3 Å². The van der Waals surface area contributed by atoms with E-state index < -0.39 is 5.91 Å². The Morgan fingerprint density at radius 3 is 2.80 bits per heavy atom. The number of nitrogens with one attached hydrogen (secondary N) is 1. The Labute approximate surface area is 141 Å². The SMILES string of the molecule is C/C(=N\NC(=O)c1nnn(-c2nonc2N)c1C)c1ccccc1O. The molecule has 0 bridgehead atoms. The van der Waals surface area contributed by atoms with Gasteiger partial charge in [-0.15, -0.1) is 5.10 Å². The van der Waals surface area contributed by atoms with E-state index in [2.05, 4.69) is 35.8 Å². The van der Waals surface area contributed by atoms with Crippen LogP contribution in [0.4, 0.5) is 5.82 Å². The molecule has 0 saturated carbocycles. The predicted octanol–water partition coefficient (Wildman–Crippen LogP) is 0.401.